The molecule has 0 fully saturated rings. The van der Waals surface area contributed by atoms with E-state index in [1.807, 2.05) is 6.92 Å². The van der Waals surface area contributed by atoms with E-state index in [2.05, 4.69) is 17.2 Å². The first-order chi connectivity index (χ1) is 13.5. The Balaban J connectivity index is 2.60. The molecule has 8 nitrogen and oxygen atoms in total. The number of aromatic nitrogens is 1. The van der Waals surface area contributed by atoms with Crippen molar-refractivity contribution < 1.29 is 28.6 Å². The molecule has 8 heteroatoms. The van der Waals surface area contributed by atoms with Crippen LogP contribution in [0.2, 0.25) is 0 Å². The molecule has 156 valence electrons. The fraction of sp³-hybridized carbons (Fsp3) is 0.600. The van der Waals surface area contributed by atoms with E-state index in [4.69, 9.17) is 14.2 Å². The Labute approximate surface area is 166 Å². The van der Waals surface area contributed by atoms with Crippen LogP contribution in [0.4, 0.5) is 0 Å². The van der Waals surface area contributed by atoms with Gasteiger partial charge in [-0.3, -0.25) is 9.59 Å². The van der Waals surface area contributed by atoms with Gasteiger partial charge in [0.15, 0.2) is 11.4 Å². The maximum atomic E-state index is 12.2. The number of carbonyl (C=O) groups excluding carboxylic acids is 3. The Kier molecular flexibility index (Phi) is 11.3. The van der Waals surface area contributed by atoms with E-state index < -0.39 is 17.8 Å². The number of ether oxygens (including phenoxy) is 3. The van der Waals surface area contributed by atoms with E-state index in [9.17, 15) is 14.4 Å². The second-order valence-corrected chi connectivity index (χ2v) is 6.23. The molecule has 1 aromatic heterocycles. The predicted octanol–water partition coefficient (Wildman–Crippen LogP) is 2.90. The Morgan fingerprint density at radius 3 is 2.39 bits per heavy atom. The average Bonchev–Trinajstić information content (AvgIpc) is 2.71. The minimum absolute atomic E-state index is 0.0247. The van der Waals surface area contributed by atoms with Gasteiger partial charge in [0.05, 0.1) is 25.9 Å². The number of nitrogens with one attached hydrogen (secondary N) is 1. The molecule has 0 atom stereocenters. The lowest BCUT2D eigenvalue weighted by Gasteiger charge is -2.10. The quantitative estimate of drug-likeness (QED) is 0.405. The summed E-state index contributed by atoms with van der Waals surface area (Å²) < 4.78 is 15.3. The van der Waals surface area contributed by atoms with Crippen LogP contribution in [-0.2, 0) is 14.3 Å². The van der Waals surface area contributed by atoms with Crippen molar-refractivity contribution in [1.29, 1.82) is 0 Å². The lowest BCUT2D eigenvalue weighted by atomic mass is 10.2. The summed E-state index contributed by atoms with van der Waals surface area (Å²) in [5, 5.41) is 2.43. The molecule has 0 unspecified atom stereocenters. The fourth-order valence-electron chi connectivity index (χ4n) is 2.28. The number of hydrogen-bond acceptors (Lipinski definition) is 7. The molecule has 1 N–H and O–H groups in total. The highest BCUT2D eigenvalue weighted by Crippen LogP contribution is 2.18. The normalized spacial score (nSPS) is 10.2. The Bertz CT molecular complexity index is 648. The zero-order chi connectivity index (χ0) is 20.8. The summed E-state index contributed by atoms with van der Waals surface area (Å²) in [6, 6.07) is 1.40. The molecular formula is C20H30N2O6. The molecule has 0 aliphatic heterocycles. The fourth-order valence-corrected chi connectivity index (χ4v) is 2.28. The Hall–Kier alpha value is -2.64. The number of nitrogens with zero attached hydrogens (tertiary/aromatic N) is 1. The predicted molar refractivity (Wildman–Crippen MR) is 103 cm³/mol. The molecule has 1 amide bonds. The highest BCUT2D eigenvalue weighted by Gasteiger charge is 2.18. The minimum Gasteiger partial charge on any atom is -0.494 e. The smallest absolute Gasteiger partial charge is 0.339 e. The van der Waals surface area contributed by atoms with Gasteiger partial charge in [-0.2, -0.15) is 0 Å². The van der Waals surface area contributed by atoms with Crippen LogP contribution in [0.3, 0.4) is 0 Å². The Morgan fingerprint density at radius 1 is 1.00 bits per heavy atom. The topological polar surface area (TPSA) is 104 Å². The third-order valence-electron chi connectivity index (χ3n) is 3.91. The summed E-state index contributed by atoms with van der Waals surface area (Å²) in [6.45, 7) is 4.48. The summed E-state index contributed by atoms with van der Waals surface area (Å²) in [4.78, 5) is 39.9. The standard InChI is InChI=1S/C20H30N2O6/c1-4-6-8-9-11-28-20(25)15-12-16(26-3)18(21-13-15)19(24)22-14-17(23)27-10-7-5-2/h12-13H,4-11,14H2,1-3H3,(H,22,24). The SMILES string of the molecule is CCCCCCOC(=O)c1cnc(C(=O)NCC(=O)OCCCC)c(OC)c1. The van der Waals surface area contributed by atoms with Gasteiger partial charge < -0.3 is 19.5 Å². The summed E-state index contributed by atoms with van der Waals surface area (Å²) >= 11 is 0. The van der Waals surface area contributed by atoms with Gasteiger partial charge >= 0.3 is 11.9 Å². The first-order valence-corrected chi connectivity index (χ1v) is 9.68. The molecule has 0 aromatic carbocycles. The molecule has 0 saturated heterocycles. The lowest BCUT2D eigenvalue weighted by molar-refractivity contribution is -0.142. The number of rotatable bonds is 13. The van der Waals surface area contributed by atoms with Gasteiger partial charge in [-0.05, 0) is 18.9 Å². The van der Waals surface area contributed by atoms with Crippen LogP contribution in [0, 0.1) is 0 Å². The number of carbonyl (C=O) groups is 3. The van der Waals surface area contributed by atoms with Gasteiger partial charge in [0.25, 0.3) is 5.91 Å². The van der Waals surface area contributed by atoms with Crippen molar-refractivity contribution in [1.82, 2.24) is 10.3 Å². The molecule has 1 rings (SSSR count). The first-order valence-electron chi connectivity index (χ1n) is 9.68. The number of esters is 2. The molecule has 0 bridgehead atoms. The summed E-state index contributed by atoms with van der Waals surface area (Å²) in [5.41, 5.74) is 0.172. The van der Waals surface area contributed by atoms with Crippen molar-refractivity contribution in [2.45, 2.75) is 52.4 Å². The van der Waals surface area contributed by atoms with Gasteiger partial charge in [0, 0.05) is 6.20 Å². The van der Waals surface area contributed by atoms with Crippen LogP contribution >= 0.6 is 0 Å². The van der Waals surface area contributed by atoms with Crippen LogP contribution in [-0.4, -0.2) is 49.7 Å². The second kappa shape index (κ2) is 13.5. The highest BCUT2D eigenvalue weighted by molar-refractivity contribution is 5.98. The molecule has 0 aliphatic rings. The van der Waals surface area contributed by atoms with E-state index in [-0.39, 0.29) is 23.6 Å². The highest BCUT2D eigenvalue weighted by atomic mass is 16.5. The third-order valence-corrected chi connectivity index (χ3v) is 3.91. The number of amides is 1. The van der Waals surface area contributed by atoms with Gasteiger partial charge in [0.1, 0.15) is 6.54 Å². The molecule has 1 aromatic rings. The Morgan fingerprint density at radius 2 is 1.71 bits per heavy atom. The van der Waals surface area contributed by atoms with E-state index in [1.54, 1.807) is 0 Å². The first kappa shape index (κ1) is 23.4. The van der Waals surface area contributed by atoms with Crippen molar-refractivity contribution in [3.8, 4) is 5.75 Å². The maximum Gasteiger partial charge on any atom is 0.339 e. The van der Waals surface area contributed by atoms with E-state index in [0.29, 0.717) is 13.2 Å². The van der Waals surface area contributed by atoms with Crippen molar-refractivity contribution in [2.75, 3.05) is 26.9 Å². The number of unbranched alkanes of at least 4 members (excludes halogenated alkanes) is 4. The van der Waals surface area contributed by atoms with Crippen LogP contribution in [0.15, 0.2) is 12.3 Å². The second-order valence-electron chi connectivity index (χ2n) is 6.23. The van der Waals surface area contributed by atoms with Crippen molar-refractivity contribution in [2.24, 2.45) is 0 Å². The summed E-state index contributed by atoms with van der Waals surface area (Å²) in [5.74, 6) is -1.51. The van der Waals surface area contributed by atoms with Gasteiger partial charge in [0.2, 0.25) is 0 Å². The van der Waals surface area contributed by atoms with E-state index >= 15 is 0 Å². The van der Waals surface area contributed by atoms with Gasteiger partial charge in [-0.15, -0.1) is 0 Å². The largest absolute Gasteiger partial charge is 0.494 e. The number of hydrogen-bond donors (Lipinski definition) is 1. The molecule has 28 heavy (non-hydrogen) atoms. The lowest BCUT2D eigenvalue weighted by Crippen LogP contribution is -2.31. The van der Waals surface area contributed by atoms with Crippen molar-refractivity contribution in [3.63, 3.8) is 0 Å². The molecule has 0 spiro atoms. The molecule has 0 aliphatic carbocycles. The third kappa shape index (κ3) is 8.37. The monoisotopic (exact) mass is 394 g/mol. The number of pyridine rings is 1. The minimum atomic E-state index is -0.594. The van der Waals surface area contributed by atoms with E-state index in [0.717, 1.165) is 38.5 Å². The molecule has 1 heterocycles. The van der Waals surface area contributed by atoms with Crippen LogP contribution in [0.25, 0.3) is 0 Å². The zero-order valence-corrected chi connectivity index (χ0v) is 16.9. The molecular weight excluding hydrogens is 364 g/mol. The zero-order valence-electron chi connectivity index (χ0n) is 16.9. The van der Waals surface area contributed by atoms with Gasteiger partial charge in [-0.1, -0.05) is 39.5 Å². The number of methoxy groups -OCH3 is 1. The van der Waals surface area contributed by atoms with Crippen molar-refractivity contribution in [3.05, 3.63) is 23.5 Å². The van der Waals surface area contributed by atoms with Crippen LogP contribution in [0.5, 0.6) is 5.75 Å². The van der Waals surface area contributed by atoms with Crippen molar-refractivity contribution >= 4 is 17.8 Å². The summed E-state index contributed by atoms with van der Waals surface area (Å²) in [7, 11) is 1.37. The van der Waals surface area contributed by atoms with E-state index in [1.165, 1.54) is 19.4 Å². The summed E-state index contributed by atoms with van der Waals surface area (Å²) in [6.07, 6.45) is 6.95. The molecule has 0 radical (unpaired) electrons. The maximum absolute atomic E-state index is 12.2. The van der Waals surface area contributed by atoms with Crippen LogP contribution in [0.1, 0.15) is 73.2 Å². The van der Waals surface area contributed by atoms with Crippen LogP contribution < -0.4 is 10.1 Å². The average molecular weight is 394 g/mol. The molecule has 0 saturated carbocycles. The van der Waals surface area contributed by atoms with Gasteiger partial charge in [-0.25, -0.2) is 9.78 Å².